The zero-order chi connectivity index (χ0) is 20.4. The monoisotopic (exact) mass is 441 g/mol. The van der Waals surface area contributed by atoms with Crippen LogP contribution in [0.3, 0.4) is 0 Å². The van der Waals surface area contributed by atoms with Gasteiger partial charge >= 0.3 is 11.9 Å². The number of esters is 2. The van der Waals surface area contributed by atoms with Crippen LogP contribution in [0.25, 0.3) is 6.08 Å². The molecule has 28 heavy (non-hydrogen) atoms. The Kier molecular flexibility index (Phi) is 5.79. The minimum Gasteiger partial charge on any atom is -0.426 e. The second kappa shape index (κ2) is 8.10. The number of benzene rings is 2. The third-order valence-electron chi connectivity index (χ3n) is 4.32. The molecular weight excluding hydrogens is 422 g/mol. The molecule has 1 heterocycles. The SMILES string of the molecule is CCC(=O)Oc1c(C)cc(C=C2N=C(c3ccc(Br)c(C)c3)OC2=O)cc1C. The average molecular weight is 442 g/mol. The number of halogens is 1. The first-order valence-corrected chi connectivity index (χ1v) is 9.68. The van der Waals surface area contributed by atoms with Crippen molar-refractivity contribution in [3.8, 4) is 5.75 Å². The molecule has 1 aliphatic heterocycles. The van der Waals surface area contributed by atoms with E-state index in [0.29, 0.717) is 12.2 Å². The van der Waals surface area contributed by atoms with Crippen molar-refractivity contribution in [3.05, 3.63) is 68.3 Å². The highest BCUT2D eigenvalue weighted by molar-refractivity contribution is 9.10. The summed E-state index contributed by atoms with van der Waals surface area (Å²) in [5.41, 5.74) is 4.41. The van der Waals surface area contributed by atoms with Gasteiger partial charge in [-0.1, -0.05) is 22.9 Å². The smallest absolute Gasteiger partial charge is 0.363 e. The zero-order valence-corrected chi connectivity index (χ0v) is 17.7. The van der Waals surface area contributed by atoms with Gasteiger partial charge < -0.3 is 9.47 Å². The number of aliphatic imine (C=N–C) groups is 1. The molecular formula is C22H20BrNO4. The molecule has 5 nitrogen and oxygen atoms in total. The number of carbonyl (C=O) groups is 2. The number of ether oxygens (including phenoxy) is 2. The fraction of sp³-hybridized carbons (Fsp3) is 0.227. The molecule has 1 aliphatic rings. The van der Waals surface area contributed by atoms with E-state index < -0.39 is 5.97 Å². The summed E-state index contributed by atoms with van der Waals surface area (Å²) in [6.45, 7) is 7.43. The maximum atomic E-state index is 12.3. The van der Waals surface area contributed by atoms with Crippen LogP contribution < -0.4 is 4.74 Å². The summed E-state index contributed by atoms with van der Waals surface area (Å²) < 4.78 is 11.7. The van der Waals surface area contributed by atoms with Crippen LogP contribution >= 0.6 is 15.9 Å². The molecule has 0 saturated heterocycles. The predicted molar refractivity (Wildman–Crippen MR) is 111 cm³/mol. The normalized spacial score (nSPS) is 14.8. The quantitative estimate of drug-likeness (QED) is 0.378. The highest BCUT2D eigenvalue weighted by atomic mass is 79.9. The van der Waals surface area contributed by atoms with Crippen molar-refractivity contribution in [3.63, 3.8) is 0 Å². The molecule has 0 radical (unpaired) electrons. The van der Waals surface area contributed by atoms with Crippen molar-refractivity contribution in [1.29, 1.82) is 0 Å². The summed E-state index contributed by atoms with van der Waals surface area (Å²) >= 11 is 3.45. The Balaban J connectivity index is 1.92. The highest BCUT2D eigenvalue weighted by Gasteiger charge is 2.24. The lowest BCUT2D eigenvalue weighted by atomic mass is 10.0. The van der Waals surface area contributed by atoms with Crippen molar-refractivity contribution in [2.24, 2.45) is 4.99 Å². The van der Waals surface area contributed by atoms with Crippen LogP contribution in [0.2, 0.25) is 0 Å². The fourth-order valence-electron chi connectivity index (χ4n) is 2.88. The van der Waals surface area contributed by atoms with E-state index in [1.165, 1.54) is 0 Å². The first-order chi connectivity index (χ1) is 13.3. The summed E-state index contributed by atoms with van der Waals surface area (Å²) in [5, 5.41) is 0. The second-order valence-electron chi connectivity index (χ2n) is 6.61. The summed E-state index contributed by atoms with van der Waals surface area (Å²) in [6.07, 6.45) is 1.98. The summed E-state index contributed by atoms with van der Waals surface area (Å²) in [7, 11) is 0. The molecule has 0 amide bonds. The molecule has 0 fully saturated rings. The number of hydrogen-bond acceptors (Lipinski definition) is 5. The average Bonchev–Trinajstić information content (AvgIpc) is 3.00. The second-order valence-corrected chi connectivity index (χ2v) is 7.47. The zero-order valence-electron chi connectivity index (χ0n) is 16.1. The molecule has 0 saturated carbocycles. The first-order valence-electron chi connectivity index (χ1n) is 8.89. The van der Waals surface area contributed by atoms with Gasteiger partial charge in [-0.3, -0.25) is 4.79 Å². The van der Waals surface area contributed by atoms with Crippen molar-refractivity contribution in [2.75, 3.05) is 0 Å². The molecule has 3 rings (SSSR count). The molecule has 0 bridgehead atoms. The molecule has 0 aliphatic carbocycles. The van der Waals surface area contributed by atoms with Gasteiger partial charge in [-0.05, 0) is 79.4 Å². The number of hydrogen-bond donors (Lipinski definition) is 0. The van der Waals surface area contributed by atoms with E-state index in [1.807, 2.05) is 51.1 Å². The van der Waals surface area contributed by atoms with Crippen LogP contribution in [0.1, 0.15) is 41.2 Å². The van der Waals surface area contributed by atoms with Crippen LogP contribution in [0.15, 0.2) is 45.5 Å². The van der Waals surface area contributed by atoms with Crippen molar-refractivity contribution in [1.82, 2.24) is 0 Å². The van der Waals surface area contributed by atoms with E-state index in [1.54, 1.807) is 13.0 Å². The van der Waals surface area contributed by atoms with Gasteiger partial charge in [-0.2, -0.15) is 0 Å². The maximum absolute atomic E-state index is 12.3. The van der Waals surface area contributed by atoms with Gasteiger partial charge in [0.25, 0.3) is 0 Å². The lowest BCUT2D eigenvalue weighted by Crippen LogP contribution is -2.08. The molecule has 144 valence electrons. The minimum atomic E-state index is -0.493. The van der Waals surface area contributed by atoms with Gasteiger partial charge in [-0.25, -0.2) is 9.79 Å². The molecule has 0 aromatic heterocycles. The highest BCUT2D eigenvalue weighted by Crippen LogP contribution is 2.28. The Bertz CT molecular complexity index is 1010. The molecule has 0 atom stereocenters. The summed E-state index contributed by atoms with van der Waals surface area (Å²) in [5.74, 6) is 0.0642. The Morgan fingerprint density at radius 1 is 1.14 bits per heavy atom. The number of nitrogens with zero attached hydrogens (tertiary/aromatic N) is 1. The molecule has 0 spiro atoms. The first kappa shape index (κ1) is 20.0. The fourth-order valence-corrected chi connectivity index (χ4v) is 3.13. The van der Waals surface area contributed by atoms with Crippen LogP contribution in [-0.4, -0.2) is 17.8 Å². The third kappa shape index (κ3) is 4.22. The van der Waals surface area contributed by atoms with E-state index in [2.05, 4.69) is 20.9 Å². The largest absolute Gasteiger partial charge is 0.426 e. The number of rotatable bonds is 4. The molecule has 2 aromatic rings. The van der Waals surface area contributed by atoms with E-state index in [-0.39, 0.29) is 17.6 Å². The third-order valence-corrected chi connectivity index (χ3v) is 5.21. The summed E-state index contributed by atoms with van der Waals surface area (Å²) in [4.78, 5) is 28.2. The lowest BCUT2D eigenvalue weighted by molar-refractivity contribution is -0.134. The Morgan fingerprint density at radius 3 is 2.43 bits per heavy atom. The lowest BCUT2D eigenvalue weighted by Gasteiger charge is -2.11. The maximum Gasteiger partial charge on any atom is 0.363 e. The number of cyclic esters (lactones) is 1. The molecule has 6 heteroatoms. The van der Waals surface area contributed by atoms with Gasteiger partial charge in [0, 0.05) is 16.5 Å². The van der Waals surface area contributed by atoms with Crippen LogP contribution in [-0.2, 0) is 14.3 Å². The molecule has 2 aromatic carbocycles. The van der Waals surface area contributed by atoms with Crippen LogP contribution in [0, 0.1) is 20.8 Å². The van der Waals surface area contributed by atoms with Crippen LogP contribution in [0.4, 0.5) is 0 Å². The van der Waals surface area contributed by atoms with Gasteiger partial charge in [0.15, 0.2) is 5.70 Å². The Labute approximate surface area is 172 Å². The van der Waals surface area contributed by atoms with E-state index in [9.17, 15) is 9.59 Å². The van der Waals surface area contributed by atoms with Crippen molar-refractivity contribution in [2.45, 2.75) is 34.1 Å². The number of aryl methyl sites for hydroxylation is 3. The predicted octanol–water partition coefficient (Wildman–Crippen LogP) is 5.03. The van der Waals surface area contributed by atoms with Crippen molar-refractivity contribution >= 4 is 39.8 Å². The van der Waals surface area contributed by atoms with Crippen LogP contribution in [0.5, 0.6) is 5.75 Å². The van der Waals surface area contributed by atoms with Gasteiger partial charge in [0.2, 0.25) is 5.90 Å². The van der Waals surface area contributed by atoms with E-state index in [4.69, 9.17) is 9.47 Å². The summed E-state index contributed by atoms with van der Waals surface area (Å²) in [6, 6.07) is 9.35. The van der Waals surface area contributed by atoms with Gasteiger partial charge in [0.1, 0.15) is 5.75 Å². The Hall–Kier alpha value is -2.73. The Morgan fingerprint density at radius 2 is 1.82 bits per heavy atom. The minimum absolute atomic E-state index is 0.229. The van der Waals surface area contributed by atoms with Crippen molar-refractivity contribution < 1.29 is 19.1 Å². The number of carbonyl (C=O) groups excluding carboxylic acids is 2. The van der Waals surface area contributed by atoms with E-state index >= 15 is 0 Å². The topological polar surface area (TPSA) is 65.0 Å². The molecule has 0 N–H and O–H groups in total. The van der Waals surface area contributed by atoms with E-state index in [0.717, 1.165) is 32.3 Å². The standard InChI is InChI=1S/C22H20BrNO4/c1-5-19(25)27-20-13(3)8-15(9-14(20)4)11-18-22(26)28-21(24-18)16-6-7-17(23)12(2)10-16/h6-11H,5H2,1-4H3. The van der Waals surface area contributed by atoms with Gasteiger partial charge in [-0.15, -0.1) is 0 Å². The van der Waals surface area contributed by atoms with Gasteiger partial charge in [0.05, 0.1) is 0 Å². The molecule has 0 unspecified atom stereocenters.